The summed E-state index contributed by atoms with van der Waals surface area (Å²) < 4.78 is 0. The first-order valence-corrected chi connectivity index (χ1v) is 6.14. The lowest BCUT2D eigenvalue weighted by Crippen LogP contribution is -2.12. The molecular formula is C15H14N2O3. The van der Waals surface area contributed by atoms with Crippen molar-refractivity contribution < 1.29 is 9.72 Å². The first-order chi connectivity index (χ1) is 9.56. The Hall–Kier alpha value is -2.69. The van der Waals surface area contributed by atoms with Gasteiger partial charge in [0.1, 0.15) is 5.78 Å². The number of non-ortho nitro benzene ring substituents is 1. The molecule has 0 bridgehead atoms. The third kappa shape index (κ3) is 3.41. The highest BCUT2D eigenvalue weighted by Crippen LogP contribution is 2.21. The molecule has 102 valence electrons. The van der Waals surface area contributed by atoms with Gasteiger partial charge in [-0.25, -0.2) is 0 Å². The number of nitrogens with one attached hydrogen (secondary N) is 1. The molecule has 1 aromatic carbocycles. The molecule has 20 heavy (non-hydrogen) atoms. The van der Waals surface area contributed by atoms with Crippen molar-refractivity contribution in [3.8, 4) is 0 Å². The van der Waals surface area contributed by atoms with E-state index in [0.717, 1.165) is 11.3 Å². The van der Waals surface area contributed by atoms with Crippen molar-refractivity contribution in [1.29, 1.82) is 0 Å². The quantitative estimate of drug-likeness (QED) is 0.674. The van der Waals surface area contributed by atoms with E-state index in [-0.39, 0.29) is 11.5 Å². The summed E-state index contributed by atoms with van der Waals surface area (Å²) in [5.41, 5.74) is 2.41. The third-order valence-electron chi connectivity index (χ3n) is 2.81. The number of Topliss-reactive ketones (excluding diaryl/α,β-unsaturated/α-hetero) is 1. The SMILES string of the molecule is CC(=O)CC1=CC=CNC1=Cc1cccc([N+](=O)[O-])c1. The Morgan fingerprint density at radius 2 is 2.25 bits per heavy atom. The molecule has 0 spiro atoms. The summed E-state index contributed by atoms with van der Waals surface area (Å²) >= 11 is 0. The number of nitro groups is 1. The molecule has 0 unspecified atom stereocenters. The number of nitro benzene ring substituents is 1. The fourth-order valence-electron chi connectivity index (χ4n) is 1.94. The molecule has 0 radical (unpaired) electrons. The van der Waals surface area contributed by atoms with E-state index < -0.39 is 4.92 Å². The summed E-state index contributed by atoms with van der Waals surface area (Å²) in [5, 5.41) is 13.8. The number of dihydropyridines is 1. The van der Waals surface area contributed by atoms with Crippen molar-refractivity contribution in [2.75, 3.05) is 0 Å². The highest BCUT2D eigenvalue weighted by atomic mass is 16.6. The number of ketones is 1. The standard InChI is InChI=1S/C15H14N2O3/c1-11(18)8-13-5-3-7-16-15(13)10-12-4-2-6-14(9-12)17(19)20/h2-7,9-10,16H,8H2,1H3. The molecule has 1 aromatic rings. The summed E-state index contributed by atoms with van der Waals surface area (Å²) in [6, 6.07) is 6.36. The molecule has 0 atom stereocenters. The van der Waals surface area contributed by atoms with E-state index in [0.29, 0.717) is 12.0 Å². The first-order valence-electron chi connectivity index (χ1n) is 6.14. The van der Waals surface area contributed by atoms with E-state index in [9.17, 15) is 14.9 Å². The maximum atomic E-state index is 11.2. The maximum Gasteiger partial charge on any atom is 0.270 e. The molecule has 0 amide bonds. The minimum atomic E-state index is -0.428. The van der Waals surface area contributed by atoms with Crippen LogP contribution in [0.1, 0.15) is 18.9 Å². The van der Waals surface area contributed by atoms with E-state index >= 15 is 0 Å². The summed E-state index contributed by atoms with van der Waals surface area (Å²) in [4.78, 5) is 21.6. The van der Waals surface area contributed by atoms with Crippen LogP contribution in [0, 0.1) is 10.1 Å². The lowest BCUT2D eigenvalue weighted by atomic mass is 10.0. The molecular weight excluding hydrogens is 256 g/mol. The molecule has 0 saturated heterocycles. The van der Waals surface area contributed by atoms with Crippen molar-refractivity contribution in [2.45, 2.75) is 13.3 Å². The zero-order valence-corrected chi connectivity index (χ0v) is 11.0. The van der Waals surface area contributed by atoms with Crippen LogP contribution >= 0.6 is 0 Å². The van der Waals surface area contributed by atoms with Crippen LogP contribution in [-0.4, -0.2) is 10.7 Å². The van der Waals surface area contributed by atoms with Gasteiger partial charge in [0.2, 0.25) is 0 Å². The Balaban J connectivity index is 2.31. The molecule has 1 aliphatic heterocycles. The topological polar surface area (TPSA) is 72.2 Å². The predicted octanol–water partition coefficient (Wildman–Crippen LogP) is 2.96. The lowest BCUT2D eigenvalue weighted by Gasteiger charge is -2.14. The molecule has 0 saturated carbocycles. The van der Waals surface area contributed by atoms with E-state index in [4.69, 9.17) is 0 Å². The van der Waals surface area contributed by atoms with E-state index in [2.05, 4.69) is 5.32 Å². The van der Waals surface area contributed by atoms with Crippen molar-refractivity contribution in [3.05, 3.63) is 69.6 Å². The summed E-state index contributed by atoms with van der Waals surface area (Å²) in [7, 11) is 0. The Morgan fingerprint density at radius 1 is 1.45 bits per heavy atom. The average molecular weight is 270 g/mol. The van der Waals surface area contributed by atoms with Crippen LogP contribution in [0.2, 0.25) is 0 Å². The van der Waals surface area contributed by atoms with Gasteiger partial charge in [-0.15, -0.1) is 0 Å². The number of benzene rings is 1. The van der Waals surface area contributed by atoms with Crippen LogP contribution < -0.4 is 5.32 Å². The second kappa shape index (κ2) is 5.97. The fraction of sp³-hybridized carbons (Fsp3) is 0.133. The van der Waals surface area contributed by atoms with Gasteiger partial charge in [-0.3, -0.25) is 14.9 Å². The third-order valence-corrected chi connectivity index (χ3v) is 2.81. The van der Waals surface area contributed by atoms with Crippen LogP contribution in [0.4, 0.5) is 5.69 Å². The minimum Gasteiger partial charge on any atom is -0.361 e. The monoisotopic (exact) mass is 270 g/mol. The first kappa shape index (κ1) is 13.7. The second-order valence-corrected chi connectivity index (χ2v) is 4.48. The van der Waals surface area contributed by atoms with Crippen LogP contribution in [0.3, 0.4) is 0 Å². The van der Waals surface area contributed by atoms with E-state index in [1.807, 2.05) is 12.2 Å². The van der Waals surface area contributed by atoms with Gasteiger partial charge < -0.3 is 5.32 Å². The smallest absolute Gasteiger partial charge is 0.270 e. The number of hydrogen-bond donors (Lipinski definition) is 1. The Morgan fingerprint density at radius 3 is 2.95 bits per heavy atom. The predicted molar refractivity (Wildman–Crippen MR) is 76.7 cm³/mol. The van der Waals surface area contributed by atoms with Gasteiger partial charge in [0, 0.05) is 30.5 Å². The summed E-state index contributed by atoms with van der Waals surface area (Å²) in [5.74, 6) is 0.0679. The van der Waals surface area contributed by atoms with Crippen LogP contribution in [0.5, 0.6) is 0 Å². The van der Waals surface area contributed by atoms with Gasteiger partial charge in [0.05, 0.1) is 4.92 Å². The molecule has 0 fully saturated rings. The van der Waals surface area contributed by atoms with Gasteiger partial charge in [0.15, 0.2) is 0 Å². The second-order valence-electron chi connectivity index (χ2n) is 4.48. The van der Waals surface area contributed by atoms with Gasteiger partial charge in [-0.05, 0) is 30.2 Å². The summed E-state index contributed by atoms with van der Waals surface area (Å²) in [6.07, 6.45) is 7.57. The number of carbonyl (C=O) groups excluding carboxylic acids is 1. The number of rotatable bonds is 4. The van der Waals surface area contributed by atoms with E-state index in [1.165, 1.54) is 19.1 Å². The van der Waals surface area contributed by atoms with Crippen LogP contribution in [-0.2, 0) is 4.79 Å². The van der Waals surface area contributed by atoms with Crippen molar-refractivity contribution in [2.24, 2.45) is 0 Å². The number of carbonyl (C=O) groups is 1. The van der Waals surface area contributed by atoms with Crippen molar-refractivity contribution in [1.82, 2.24) is 5.32 Å². The number of nitrogens with zero attached hydrogens (tertiary/aromatic N) is 1. The highest BCUT2D eigenvalue weighted by molar-refractivity contribution is 5.80. The number of allylic oxidation sites excluding steroid dienone is 3. The van der Waals surface area contributed by atoms with Gasteiger partial charge in [-0.2, -0.15) is 0 Å². The zero-order valence-electron chi connectivity index (χ0n) is 11.0. The molecule has 1 N–H and O–H groups in total. The normalized spacial score (nSPS) is 15.7. The van der Waals surface area contributed by atoms with Crippen molar-refractivity contribution >= 4 is 17.5 Å². The lowest BCUT2D eigenvalue weighted by molar-refractivity contribution is -0.384. The molecule has 2 rings (SSSR count). The molecule has 0 aliphatic carbocycles. The number of hydrogen-bond acceptors (Lipinski definition) is 4. The Labute approximate surface area is 116 Å². The van der Waals surface area contributed by atoms with Gasteiger partial charge in [-0.1, -0.05) is 18.2 Å². The van der Waals surface area contributed by atoms with Gasteiger partial charge >= 0.3 is 0 Å². The minimum absolute atomic E-state index is 0.0443. The zero-order chi connectivity index (χ0) is 14.5. The van der Waals surface area contributed by atoms with Crippen LogP contribution in [0.25, 0.3) is 6.08 Å². The highest BCUT2D eigenvalue weighted by Gasteiger charge is 2.10. The van der Waals surface area contributed by atoms with Crippen molar-refractivity contribution in [3.63, 3.8) is 0 Å². The Kier molecular flexibility index (Phi) is 4.10. The molecule has 5 heteroatoms. The molecule has 5 nitrogen and oxygen atoms in total. The molecule has 1 aliphatic rings. The average Bonchev–Trinajstić information content (AvgIpc) is 2.41. The van der Waals surface area contributed by atoms with Gasteiger partial charge in [0.25, 0.3) is 5.69 Å². The molecule has 1 heterocycles. The fourth-order valence-corrected chi connectivity index (χ4v) is 1.94. The largest absolute Gasteiger partial charge is 0.361 e. The maximum absolute atomic E-state index is 11.2. The summed E-state index contributed by atoms with van der Waals surface area (Å²) in [6.45, 7) is 1.53. The van der Waals surface area contributed by atoms with E-state index in [1.54, 1.807) is 24.4 Å². The van der Waals surface area contributed by atoms with Crippen LogP contribution in [0.15, 0.2) is 53.9 Å². The molecule has 0 aromatic heterocycles. The Bertz CT molecular complexity index is 642.